The topological polar surface area (TPSA) is 36.4 Å². The number of benzene rings is 2. The highest BCUT2D eigenvalue weighted by atomic mass is 15.0. The van der Waals surface area contributed by atoms with Crippen molar-refractivity contribution in [1.29, 1.82) is 0 Å². The molecule has 1 saturated carbocycles. The van der Waals surface area contributed by atoms with Gasteiger partial charge in [0.25, 0.3) is 0 Å². The molecule has 0 aromatic heterocycles. The molecule has 0 aliphatic heterocycles. The zero-order valence-electron chi connectivity index (χ0n) is 25.7. The monoisotopic (exact) mass is 525 g/mol. The third-order valence-corrected chi connectivity index (χ3v) is 6.51. The summed E-state index contributed by atoms with van der Waals surface area (Å²) in [6.07, 6.45) is 8.15. The molecule has 0 saturated heterocycles. The Morgan fingerprint density at radius 1 is 1.03 bits per heavy atom. The summed E-state index contributed by atoms with van der Waals surface area (Å²) < 4.78 is 0. The van der Waals surface area contributed by atoms with Crippen LogP contribution in [0.15, 0.2) is 108 Å². The molecule has 0 bridgehead atoms. The fourth-order valence-electron chi connectivity index (χ4n) is 4.18. The molecule has 3 nitrogen and oxygen atoms in total. The number of rotatable bonds is 10. The minimum Gasteiger partial charge on any atom is -0.382 e. The summed E-state index contributed by atoms with van der Waals surface area (Å²) in [5.41, 5.74) is 10.2. The Labute approximate surface area is 239 Å². The lowest BCUT2D eigenvalue weighted by atomic mass is 9.94. The van der Waals surface area contributed by atoms with Crippen LogP contribution in [0.25, 0.3) is 5.70 Å². The summed E-state index contributed by atoms with van der Waals surface area (Å²) in [6, 6.07) is 17.4. The smallest absolute Gasteiger partial charge is 0.133 e. The number of aliphatic imine (C=N–C) groups is 1. The average molecular weight is 526 g/mol. The molecule has 39 heavy (non-hydrogen) atoms. The standard InChI is InChI=1S/C26H35N3.C8H10.C2H6/c1-9-23(17(4)5)19(7)24(10-2)26(27-11-3)29-25-16-21(13-12-18(25)6)20(8)28-22-14-15-22;1-2-8-6-4-3-5-7-8;1-2/h9,11-13,16,22,28H,3-4,8,10,14-15H2,1-2,5-7H3,(H,27,29);3-7H,2H2,1H3;1-2H3/b23-9-,24-19+;;. The third-order valence-electron chi connectivity index (χ3n) is 6.51. The predicted octanol–water partition coefficient (Wildman–Crippen LogP) is 10.2. The van der Waals surface area contributed by atoms with Gasteiger partial charge >= 0.3 is 0 Å². The van der Waals surface area contributed by atoms with Crippen LogP contribution in [0.2, 0.25) is 0 Å². The van der Waals surface area contributed by atoms with Gasteiger partial charge in [-0.3, -0.25) is 0 Å². The van der Waals surface area contributed by atoms with Crippen LogP contribution in [-0.2, 0) is 6.42 Å². The maximum Gasteiger partial charge on any atom is 0.133 e. The number of hydrogen-bond acceptors (Lipinski definition) is 2. The third kappa shape index (κ3) is 11.0. The van der Waals surface area contributed by atoms with E-state index >= 15 is 0 Å². The maximum atomic E-state index is 4.58. The first-order valence-electron chi connectivity index (χ1n) is 14.3. The highest BCUT2D eigenvalue weighted by Gasteiger charge is 2.21. The molecular formula is C36H51N3. The molecule has 210 valence electrons. The number of aryl methyl sites for hydroxylation is 2. The SMILES string of the molecule is C=CN=C(Nc1cc(C(=C)NC2CC2)ccc1C)/C(CC)=C(C)/C(=C\C)C(=C)C.CC.CCc1ccccc1. The van der Waals surface area contributed by atoms with E-state index < -0.39 is 0 Å². The summed E-state index contributed by atoms with van der Waals surface area (Å²) in [5, 5.41) is 7.04. The van der Waals surface area contributed by atoms with Crippen molar-refractivity contribution in [2.45, 2.75) is 87.1 Å². The number of allylic oxidation sites excluding steroid dienone is 4. The summed E-state index contributed by atoms with van der Waals surface area (Å²) in [5.74, 6) is 0.821. The molecule has 2 N–H and O–H groups in total. The second-order valence-corrected chi connectivity index (χ2v) is 9.49. The summed E-state index contributed by atoms with van der Waals surface area (Å²) in [6.45, 7) is 28.8. The van der Waals surface area contributed by atoms with Crippen molar-refractivity contribution in [1.82, 2.24) is 5.32 Å². The Balaban J connectivity index is 0.000000641. The summed E-state index contributed by atoms with van der Waals surface area (Å²) in [7, 11) is 0. The molecule has 0 amide bonds. The van der Waals surface area contributed by atoms with E-state index in [1.807, 2.05) is 33.8 Å². The van der Waals surface area contributed by atoms with E-state index in [1.54, 1.807) is 6.20 Å². The van der Waals surface area contributed by atoms with E-state index in [-0.39, 0.29) is 0 Å². The fourth-order valence-corrected chi connectivity index (χ4v) is 4.18. The van der Waals surface area contributed by atoms with Crippen LogP contribution in [0, 0.1) is 6.92 Å². The second-order valence-electron chi connectivity index (χ2n) is 9.49. The number of amidine groups is 1. The molecule has 0 spiro atoms. The van der Waals surface area contributed by atoms with Crippen LogP contribution < -0.4 is 10.6 Å². The molecule has 0 unspecified atom stereocenters. The van der Waals surface area contributed by atoms with Crippen molar-refractivity contribution in [3.05, 3.63) is 120 Å². The van der Waals surface area contributed by atoms with Crippen LogP contribution in [0.4, 0.5) is 5.69 Å². The first kappa shape index (κ1) is 33.4. The van der Waals surface area contributed by atoms with E-state index in [0.717, 1.165) is 57.9 Å². The van der Waals surface area contributed by atoms with Crippen LogP contribution in [-0.4, -0.2) is 11.9 Å². The highest BCUT2D eigenvalue weighted by Crippen LogP contribution is 2.28. The number of nitrogens with zero attached hydrogens (tertiary/aromatic N) is 1. The largest absolute Gasteiger partial charge is 0.382 e. The quantitative estimate of drug-likeness (QED) is 0.184. The van der Waals surface area contributed by atoms with Gasteiger partial charge in [0.15, 0.2) is 0 Å². The Kier molecular flexibility index (Phi) is 15.3. The highest BCUT2D eigenvalue weighted by molar-refractivity contribution is 6.09. The number of nitrogens with one attached hydrogen (secondary N) is 2. The van der Waals surface area contributed by atoms with E-state index in [9.17, 15) is 0 Å². The van der Waals surface area contributed by atoms with Gasteiger partial charge in [-0.15, -0.1) is 0 Å². The zero-order valence-corrected chi connectivity index (χ0v) is 25.7. The molecule has 1 fully saturated rings. The van der Waals surface area contributed by atoms with Gasteiger partial charge in [-0.25, -0.2) is 4.99 Å². The van der Waals surface area contributed by atoms with E-state index in [4.69, 9.17) is 0 Å². The van der Waals surface area contributed by atoms with Crippen LogP contribution in [0.5, 0.6) is 0 Å². The average Bonchev–Trinajstić information content (AvgIpc) is 3.76. The van der Waals surface area contributed by atoms with E-state index in [1.165, 1.54) is 24.0 Å². The predicted molar refractivity (Wildman–Crippen MR) is 176 cm³/mol. The molecule has 0 heterocycles. The fraction of sp³-hybridized carbons (Fsp3) is 0.361. The van der Waals surface area contributed by atoms with Crippen LogP contribution in [0.3, 0.4) is 0 Å². The van der Waals surface area contributed by atoms with Crippen molar-refractivity contribution in [2.24, 2.45) is 4.99 Å². The molecule has 3 heteroatoms. The number of hydrogen-bond donors (Lipinski definition) is 2. The van der Waals surface area contributed by atoms with Gasteiger partial charge < -0.3 is 10.6 Å². The molecule has 0 radical (unpaired) electrons. The minimum absolute atomic E-state index is 0.580. The minimum atomic E-state index is 0.580. The van der Waals surface area contributed by atoms with Gasteiger partial charge in [0.05, 0.1) is 0 Å². The lowest BCUT2D eigenvalue weighted by molar-refractivity contribution is 0.885. The van der Waals surface area contributed by atoms with Crippen molar-refractivity contribution in [3.8, 4) is 0 Å². The Bertz CT molecular complexity index is 1180. The lowest BCUT2D eigenvalue weighted by Gasteiger charge is -2.19. The molecule has 1 aliphatic carbocycles. The molecule has 2 aromatic carbocycles. The van der Waals surface area contributed by atoms with Gasteiger partial charge in [-0.1, -0.05) is 102 Å². The summed E-state index contributed by atoms with van der Waals surface area (Å²) >= 11 is 0. The lowest BCUT2D eigenvalue weighted by Crippen LogP contribution is -2.18. The normalized spacial score (nSPS) is 13.5. The zero-order chi connectivity index (χ0) is 29.4. The second kappa shape index (κ2) is 17.8. The van der Waals surface area contributed by atoms with Crippen molar-refractivity contribution < 1.29 is 0 Å². The van der Waals surface area contributed by atoms with Crippen molar-refractivity contribution >= 4 is 17.2 Å². The van der Waals surface area contributed by atoms with Crippen LogP contribution in [0.1, 0.15) is 84.4 Å². The summed E-state index contributed by atoms with van der Waals surface area (Å²) in [4.78, 5) is 4.58. The first-order valence-corrected chi connectivity index (χ1v) is 14.3. The van der Waals surface area contributed by atoms with Crippen molar-refractivity contribution in [3.63, 3.8) is 0 Å². The van der Waals surface area contributed by atoms with Crippen molar-refractivity contribution in [2.75, 3.05) is 5.32 Å². The Hall–Kier alpha value is -3.59. The van der Waals surface area contributed by atoms with E-state index in [0.29, 0.717) is 6.04 Å². The van der Waals surface area contributed by atoms with Gasteiger partial charge in [-0.05, 0) is 92.9 Å². The Morgan fingerprint density at radius 3 is 2.13 bits per heavy atom. The molecule has 0 atom stereocenters. The molecule has 2 aromatic rings. The molecular weight excluding hydrogens is 474 g/mol. The number of anilines is 1. The Morgan fingerprint density at radius 2 is 1.67 bits per heavy atom. The first-order chi connectivity index (χ1) is 18.7. The van der Waals surface area contributed by atoms with Gasteiger partial charge in [0, 0.05) is 23.6 Å². The maximum absolute atomic E-state index is 4.58. The van der Waals surface area contributed by atoms with Gasteiger partial charge in [0.2, 0.25) is 0 Å². The van der Waals surface area contributed by atoms with Crippen LogP contribution >= 0.6 is 0 Å². The van der Waals surface area contributed by atoms with Gasteiger partial charge in [0.1, 0.15) is 5.84 Å². The van der Waals surface area contributed by atoms with E-state index in [2.05, 4.69) is 112 Å². The van der Waals surface area contributed by atoms with Gasteiger partial charge in [-0.2, -0.15) is 0 Å². The molecule has 1 aliphatic rings. The molecule has 3 rings (SSSR count).